The summed E-state index contributed by atoms with van der Waals surface area (Å²) in [5.41, 5.74) is -0.318. The van der Waals surface area contributed by atoms with Gasteiger partial charge in [-0.3, -0.25) is 4.98 Å². The third-order valence-corrected chi connectivity index (χ3v) is 3.12. The summed E-state index contributed by atoms with van der Waals surface area (Å²) in [6.45, 7) is -0.00526. The highest BCUT2D eigenvalue weighted by molar-refractivity contribution is 5.90. The van der Waals surface area contributed by atoms with Crippen molar-refractivity contribution in [2.75, 3.05) is 6.79 Å². The Labute approximate surface area is 128 Å². The highest BCUT2D eigenvalue weighted by atomic mass is 19.4. The van der Waals surface area contributed by atoms with Crippen molar-refractivity contribution in [1.82, 2.24) is 4.98 Å². The maximum atomic E-state index is 13.2. The molecule has 2 aromatic rings. The summed E-state index contributed by atoms with van der Waals surface area (Å²) in [6.07, 6.45) is -4.81. The molecule has 23 heavy (non-hydrogen) atoms. The topological polar surface area (TPSA) is 57.7 Å². The van der Waals surface area contributed by atoms with Crippen LogP contribution in [0.15, 0.2) is 42.7 Å². The van der Waals surface area contributed by atoms with Gasteiger partial charge >= 0.3 is 12.1 Å². The van der Waals surface area contributed by atoms with Crippen molar-refractivity contribution in [3.05, 3.63) is 53.9 Å². The van der Waals surface area contributed by atoms with E-state index in [9.17, 15) is 18.0 Å². The molecule has 3 rings (SSSR count). The summed E-state index contributed by atoms with van der Waals surface area (Å²) in [5, 5.41) is 0. The first-order valence-corrected chi connectivity index (χ1v) is 6.52. The van der Waals surface area contributed by atoms with Gasteiger partial charge in [-0.15, -0.1) is 0 Å². The van der Waals surface area contributed by atoms with Crippen LogP contribution in [0, 0.1) is 0 Å². The van der Waals surface area contributed by atoms with Gasteiger partial charge in [0.1, 0.15) is 0 Å². The summed E-state index contributed by atoms with van der Waals surface area (Å²) in [6, 6.07) is 6.56. The fraction of sp³-hybridized carbons (Fsp3) is 0.200. The number of halogens is 3. The molecule has 1 aliphatic rings. The molecule has 5 nitrogen and oxygen atoms in total. The maximum Gasteiger partial charge on any atom is 0.429 e. The second-order valence-electron chi connectivity index (χ2n) is 4.68. The van der Waals surface area contributed by atoms with Gasteiger partial charge < -0.3 is 14.2 Å². The van der Waals surface area contributed by atoms with E-state index in [4.69, 9.17) is 9.47 Å². The maximum absolute atomic E-state index is 13.2. The van der Waals surface area contributed by atoms with Gasteiger partial charge in [0.2, 0.25) is 12.9 Å². The standard InChI is InChI=1S/C15H10F3NO4/c16-15(17,18)13(10-2-1-5-19-7-10)23-14(20)9-3-4-11-12(6-9)22-8-21-11/h1-7,13H,8H2/t13-/m0/s1. The van der Waals surface area contributed by atoms with Gasteiger partial charge in [0.25, 0.3) is 0 Å². The van der Waals surface area contributed by atoms with Gasteiger partial charge in [-0.05, 0) is 24.3 Å². The highest BCUT2D eigenvalue weighted by Crippen LogP contribution is 2.37. The monoisotopic (exact) mass is 325 g/mol. The van der Waals surface area contributed by atoms with Gasteiger partial charge in [0, 0.05) is 18.0 Å². The fourth-order valence-corrected chi connectivity index (χ4v) is 2.05. The number of alkyl halides is 3. The minimum atomic E-state index is -4.75. The molecule has 0 radical (unpaired) electrons. The Hall–Kier alpha value is -2.77. The minimum absolute atomic E-state index is 0.00526. The first-order chi connectivity index (χ1) is 10.9. The Morgan fingerprint density at radius 1 is 1.22 bits per heavy atom. The van der Waals surface area contributed by atoms with Crippen LogP contribution in [-0.2, 0) is 4.74 Å². The molecule has 0 fully saturated rings. The summed E-state index contributed by atoms with van der Waals surface area (Å²) >= 11 is 0. The minimum Gasteiger partial charge on any atom is -0.454 e. The largest absolute Gasteiger partial charge is 0.454 e. The Balaban J connectivity index is 1.84. The Kier molecular flexibility index (Phi) is 3.81. The lowest BCUT2D eigenvalue weighted by molar-refractivity contribution is -0.207. The number of nitrogens with zero attached hydrogens (tertiary/aromatic N) is 1. The quantitative estimate of drug-likeness (QED) is 0.811. The zero-order chi connectivity index (χ0) is 16.4. The number of hydrogen-bond donors (Lipinski definition) is 0. The lowest BCUT2D eigenvalue weighted by atomic mass is 10.1. The SMILES string of the molecule is O=C(O[C@@H](c1cccnc1)C(F)(F)F)c1ccc2c(c1)OCO2. The number of fused-ring (bicyclic) bond motifs is 1. The van der Waals surface area contributed by atoms with E-state index in [-0.39, 0.29) is 23.7 Å². The zero-order valence-electron chi connectivity index (χ0n) is 11.5. The molecule has 0 spiro atoms. The van der Waals surface area contributed by atoms with Crippen molar-refractivity contribution in [2.45, 2.75) is 12.3 Å². The number of rotatable bonds is 3. The number of hydrogen-bond acceptors (Lipinski definition) is 5. The third-order valence-electron chi connectivity index (χ3n) is 3.12. The molecule has 0 bridgehead atoms. The number of aromatic nitrogens is 1. The molecule has 1 aliphatic heterocycles. The summed E-state index contributed by atoms with van der Waals surface area (Å²) < 4.78 is 54.3. The first-order valence-electron chi connectivity index (χ1n) is 6.52. The van der Waals surface area contributed by atoms with E-state index >= 15 is 0 Å². The molecule has 0 saturated heterocycles. The van der Waals surface area contributed by atoms with Crippen LogP contribution in [-0.4, -0.2) is 23.9 Å². The predicted octanol–water partition coefficient (Wildman–Crippen LogP) is 3.27. The van der Waals surface area contributed by atoms with Gasteiger partial charge in [0.05, 0.1) is 5.56 Å². The molecule has 1 aromatic carbocycles. The van der Waals surface area contributed by atoms with Crippen LogP contribution in [0.5, 0.6) is 11.5 Å². The van der Waals surface area contributed by atoms with Gasteiger partial charge in [-0.1, -0.05) is 6.07 Å². The highest BCUT2D eigenvalue weighted by Gasteiger charge is 2.44. The molecule has 1 aromatic heterocycles. The number of benzene rings is 1. The van der Waals surface area contributed by atoms with Crippen molar-refractivity contribution >= 4 is 5.97 Å². The number of pyridine rings is 1. The number of carbonyl (C=O) groups excluding carboxylic acids is 1. The summed E-state index contributed by atoms with van der Waals surface area (Å²) in [5.74, 6) is -0.417. The Bertz CT molecular complexity index is 718. The molecule has 0 N–H and O–H groups in total. The zero-order valence-corrected chi connectivity index (χ0v) is 11.5. The van der Waals surface area contributed by atoms with Crippen molar-refractivity contribution in [3.8, 4) is 11.5 Å². The Morgan fingerprint density at radius 3 is 2.70 bits per heavy atom. The molecular weight excluding hydrogens is 315 g/mol. The van der Waals surface area contributed by atoms with Crippen molar-refractivity contribution in [3.63, 3.8) is 0 Å². The Morgan fingerprint density at radius 2 is 2.00 bits per heavy atom. The first kappa shape index (κ1) is 15.1. The average Bonchev–Trinajstić information content (AvgIpc) is 2.99. The lowest BCUT2D eigenvalue weighted by Crippen LogP contribution is -2.26. The van der Waals surface area contributed by atoms with Crippen LogP contribution in [0.2, 0.25) is 0 Å². The molecule has 120 valence electrons. The lowest BCUT2D eigenvalue weighted by Gasteiger charge is -2.20. The number of esters is 1. The van der Waals surface area contributed by atoms with Gasteiger partial charge in [-0.2, -0.15) is 13.2 Å². The molecular formula is C15H10F3NO4. The fourth-order valence-electron chi connectivity index (χ4n) is 2.05. The van der Waals surface area contributed by atoms with Crippen molar-refractivity contribution < 1.29 is 32.2 Å². The summed E-state index contributed by atoms with van der Waals surface area (Å²) in [4.78, 5) is 15.7. The van der Waals surface area contributed by atoms with E-state index in [1.807, 2.05) is 0 Å². The molecule has 0 amide bonds. The molecule has 1 atom stereocenters. The third kappa shape index (κ3) is 3.20. The smallest absolute Gasteiger partial charge is 0.429 e. The van der Waals surface area contributed by atoms with Crippen LogP contribution < -0.4 is 9.47 Å². The normalized spacial score (nSPS) is 14.4. The second-order valence-corrected chi connectivity index (χ2v) is 4.68. The van der Waals surface area contributed by atoms with E-state index in [1.54, 1.807) is 0 Å². The van der Waals surface area contributed by atoms with E-state index < -0.39 is 18.2 Å². The molecule has 0 saturated carbocycles. The van der Waals surface area contributed by atoms with E-state index in [0.717, 1.165) is 6.20 Å². The average molecular weight is 325 g/mol. The van der Waals surface area contributed by atoms with Crippen molar-refractivity contribution in [2.24, 2.45) is 0 Å². The van der Waals surface area contributed by atoms with E-state index in [2.05, 4.69) is 9.72 Å². The van der Waals surface area contributed by atoms with Crippen LogP contribution in [0.25, 0.3) is 0 Å². The van der Waals surface area contributed by atoms with Crippen LogP contribution >= 0.6 is 0 Å². The van der Waals surface area contributed by atoms with Crippen LogP contribution in [0.3, 0.4) is 0 Å². The predicted molar refractivity (Wildman–Crippen MR) is 71.0 cm³/mol. The molecule has 0 unspecified atom stereocenters. The van der Waals surface area contributed by atoms with Crippen LogP contribution in [0.1, 0.15) is 22.0 Å². The molecule has 0 aliphatic carbocycles. The van der Waals surface area contributed by atoms with Crippen LogP contribution in [0.4, 0.5) is 13.2 Å². The molecule has 8 heteroatoms. The van der Waals surface area contributed by atoms with Gasteiger partial charge in [0.15, 0.2) is 11.5 Å². The summed E-state index contributed by atoms with van der Waals surface area (Å²) in [7, 11) is 0. The van der Waals surface area contributed by atoms with E-state index in [0.29, 0.717) is 5.75 Å². The van der Waals surface area contributed by atoms with Gasteiger partial charge in [-0.25, -0.2) is 4.79 Å². The number of ether oxygens (including phenoxy) is 3. The molecule has 2 heterocycles. The number of carbonyl (C=O) groups is 1. The second kappa shape index (κ2) is 5.79. The van der Waals surface area contributed by atoms with E-state index in [1.165, 1.54) is 36.5 Å². The van der Waals surface area contributed by atoms with Crippen molar-refractivity contribution in [1.29, 1.82) is 0 Å².